The third-order valence-electron chi connectivity index (χ3n) is 2.12. The van der Waals surface area contributed by atoms with Crippen LogP contribution in [-0.4, -0.2) is 9.97 Å². The van der Waals surface area contributed by atoms with Crippen molar-refractivity contribution in [3.63, 3.8) is 0 Å². The zero-order chi connectivity index (χ0) is 13.0. The van der Waals surface area contributed by atoms with Gasteiger partial charge in [0, 0.05) is 5.02 Å². The van der Waals surface area contributed by atoms with Gasteiger partial charge in [-0.2, -0.15) is 10.1 Å². The number of H-pyrrole nitrogens is 1. The molecule has 0 saturated carbocycles. The highest BCUT2D eigenvalue weighted by Crippen LogP contribution is 2.17. The van der Waals surface area contributed by atoms with Crippen LogP contribution in [0.4, 0.5) is 10.2 Å². The van der Waals surface area contributed by atoms with Gasteiger partial charge in [0.2, 0.25) is 0 Å². The molecule has 7 heteroatoms. The van der Waals surface area contributed by atoms with Crippen LogP contribution < -0.4 is 5.69 Å². The lowest BCUT2D eigenvalue weighted by Gasteiger charge is -1.98. The molecule has 0 atom stereocenters. The number of hydrogen-bond acceptors (Lipinski definition) is 4. The highest BCUT2D eigenvalue weighted by atomic mass is 35.5. The molecule has 0 unspecified atom stereocenters. The molecule has 1 aromatic heterocycles. The first-order valence-electron chi connectivity index (χ1n) is 5.02. The van der Waals surface area contributed by atoms with Crippen molar-refractivity contribution in [1.82, 2.24) is 9.97 Å². The SMILES string of the molecule is O=c1ncc(F)c(N=NCc2ccccc2Cl)[nH]1. The summed E-state index contributed by atoms with van der Waals surface area (Å²) in [6.07, 6.45) is 0.794. The summed E-state index contributed by atoms with van der Waals surface area (Å²) in [6, 6.07) is 7.11. The predicted molar refractivity (Wildman–Crippen MR) is 64.5 cm³/mol. The number of nitrogens with zero attached hydrogens (tertiary/aromatic N) is 3. The van der Waals surface area contributed by atoms with Gasteiger partial charge >= 0.3 is 5.69 Å². The van der Waals surface area contributed by atoms with Crippen LogP contribution >= 0.6 is 11.6 Å². The molecule has 1 heterocycles. The van der Waals surface area contributed by atoms with Crippen molar-refractivity contribution in [3.8, 4) is 0 Å². The third-order valence-corrected chi connectivity index (χ3v) is 2.49. The molecular weight excluding hydrogens is 259 g/mol. The second-order valence-electron chi connectivity index (χ2n) is 3.38. The first kappa shape index (κ1) is 12.4. The smallest absolute Gasteiger partial charge is 0.286 e. The first-order chi connectivity index (χ1) is 8.66. The van der Waals surface area contributed by atoms with E-state index in [-0.39, 0.29) is 12.4 Å². The monoisotopic (exact) mass is 266 g/mol. The summed E-state index contributed by atoms with van der Waals surface area (Å²) in [5.41, 5.74) is 0.0859. The van der Waals surface area contributed by atoms with Crippen molar-refractivity contribution in [2.75, 3.05) is 0 Å². The van der Waals surface area contributed by atoms with Gasteiger partial charge in [-0.15, -0.1) is 5.11 Å². The molecule has 0 aliphatic carbocycles. The Balaban J connectivity index is 2.15. The normalized spacial score (nSPS) is 11.0. The van der Waals surface area contributed by atoms with E-state index in [2.05, 4.69) is 20.2 Å². The summed E-state index contributed by atoms with van der Waals surface area (Å²) in [4.78, 5) is 16.2. The van der Waals surface area contributed by atoms with E-state index in [9.17, 15) is 9.18 Å². The van der Waals surface area contributed by atoms with Gasteiger partial charge in [0.25, 0.3) is 0 Å². The van der Waals surface area contributed by atoms with Gasteiger partial charge in [-0.1, -0.05) is 29.8 Å². The summed E-state index contributed by atoms with van der Waals surface area (Å²) in [5, 5.41) is 7.93. The molecular formula is C11H8ClFN4O. The fourth-order valence-electron chi connectivity index (χ4n) is 1.25. The number of halogens is 2. The summed E-state index contributed by atoms with van der Waals surface area (Å²) in [6.45, 7) is 0.198. The number of rotatable bonds is 3. The fraction of sp³-hybridized carbons (Fsp3) is 0.0909. The Morgan fingerprint density at radius 1 is 1.39 bits per heavy atom. The maximum atomic E-state index is 13.2. The maximum Gasteiger partial charge on any atom is 0.346 e. The van der Waals surface area contributed by atoms with Crippen LogP contribution in [0.15, 0.2) is 45.5 Å². The van der Waals surface area contributed by atoms with Crippen molar-refractivity contribution in [1.29, 1.82) is 0 Å². The average Bonchev–Trinajstić information content (AvgIpc) is 2.36. The standard InChI is InChI=1S/C11H8ClFN4O/c12-8-4-2-1-3-7(8)5-15-17-10-9(13)6-14-11(18)16-10/h1-4,6H,5H2,(H,14,16,18). The third kappa shape index (κ3) is 2.98. The Bertz CT molecular complexity index is 641. The summed E-state index contributed by atoms with van der Waals surface area (Å²) >= 11 is 5.92. The Morgan fingerprint density at radius 2 is 2.17 bits per heavy atom. The van der Waals surface area contributed by atoms with Gasteiger partial charge in [0.1, 0.15) is 0 Å². The van der Waals surface area contributed by atoms with E-state index in [1.807, 2.05) is 6.07 Å². The zero-order valence-corrected chi connectivity index (χ0v) is 9.86. The number of aromatic nitrogens is 2. The van der Waals surface area contributed by atoms with Gasteiger partial charge in [0.05, 0.1) is 12.7 Å². The summed E-state index contributed by atoms with van der Waals surface area (Å²) in [7, 11) is 0. The van der Waals surface area contributed by atoms with Crippen LogP contribution in [0.1, 0.15) is 5.56 Å². The van der Waals surface area contributed by atoms with Gasteiger partial charge in [-0.3, -0.25) is 4.98 Å². The van der Waals surface area contributed by atoms with E-state index >= 15 is 0 Å². The second-order valence-corrected chi connectivity index (χ2v) is 3.78. The number of aromatic amines is 1. The van der Waals surface area contributed by atoms with Crippen molar-refractivity contribution in [3.05, 3.63) is 57.3 Å². The first-order valence-corrected chi connectivity index (χ1v) is 5.40. The number of nitrogens with one attached hydrogen (secondary N) is 1. The quantitative estimate of drug-likeness (QED) is 0.868. The molecule has 0 spiro atoms. The van der Waals surface area contributed by atoms with Gasteiger partial charge in [-0.05, 0) is 11.6 Å². The van der Waals surface area contributed by atoms with E-state index in [1.54, 1.807) is 18.2 Å². The Hall–Kier alpha value is -2.08. The van der Waals surface area contributed by atoms with E-state index in [4.69, 9.17) is 11.6 Å². The lowest BCUT2D eigenvalue weighted by Crippen LogP contribution is -2.09. The molecule has 0 saturated heterocycles. The van der Waals surface area contributed by atoms with Crippen LogP contribution in [0.5, 0.6) is 0 Å². The highest BCUT2D eigenvalue weighted by molar-refractivity contribution is 6.31. The number of benzene rings is 1. The van der Waals surface area contributed by atoms with Crippen LogP contribution in [0.3, 0.4) is 0 Å². The van der Waals surface area contributed by atoms with Crippen molar-refractivity contribution in [2.24, 2.45) is 10.2 Å². The summed E-state index contributed by atoms with van der Waals surface area (Å²) < 4.78 is 13.2. The molecule has 0 aliphatic rings. The number of hydrogen-bond donors (Lipinski definition) is 1. The minimum Gasteiger partial charge on any atom is -0.286 e. The van der Waals surface area contributed by atoms with E-state index in [1.165, 1.54) is 0 Å². The molecule has 0 amide bonds. The zero-order valence-electron chi connectivity index (χ0n) is 9.10. The molecule has 2 aromatic rings. The predicted octanol–water partition coefficient (Wildman–Crippen LogP) is 2.85. The maximum absolute atomic E-state index is 13.2. The minimum absolute atomic E-state index is 0.198. The largest absolute Gasteiger partial charge is 0.346 e. The van der Waals surface area contributed by atoms with Crippen LogP contribution in [-0.2, 0) is 6.54 Å². The fourth-order valence-corrected chi connectivity index (χ4v) is 1.45. The lowest BCUT2D eigenvalue weighted by molar-refractivity contribution is 0.610. The molecule has 18 heavy (non-hydrogen) atoms. The molecule has 0 radical (unpaired) electrons. The Labute approximate surface area is 106 Å². The molecule has 92 valence electrons. The van der Waals surface area contributed by atoms with Crippen LogP contribution in [0.25, 0.3) is 0 Å². The number of azo groups is 1. The van der Waals surface area contributed by atoms with Gasteiger partial charge in [-0.25, -0.2) is 9.18 Å². The molecule has 0 bridgehead atoms. The van der Waals surface area contributed by atoms with E-state index in [0.717, 1.165) is 11.8 Å². The Morgan fingerprint density at radius 3 is 2.94 bits per heavy atom. The van der Waals surface area contributed by atoms with Gasteiger partial charge < -0.3 is 0 Å². The van der Waals surface area contributed by atoms with Crippen molar-refractivity contribution in [2.45, 2.75) is 6.54 Å². The summed E-state index contributed by atoms with van der Waals surface area (Å²) in [5.74, 6) is -0.987. The lowest BCUT2D eigenvalue weighted by atomic mass is 10.2. The Kier molecular flexibility index (Phi) is 3.78. The second kappa shape index (κ2) is 5.50. The van der Waals surface area contributed by atoms with Gasteiger partial charge in [0.15, 0.2) is 11.6 Å². The van der Waals surface area contributed by atoms with Crippen molar-refractivity contribution >= 4 is 17.4 Å². The molecule has 0 aliphatic heterocycles. The average molecular weight is 267 g/mol. The molecule has 5 nitrogen and oxygen atoms in total. The van der Waals surface area contributed by atoms with Crippen molar-refractivity contribution < 1.29 is 4.39 Å². The molecule has 2 rings (SSSR count). The molecule has 1 N–H and O–H groups in total. The molecule has 1 aromatic carbocycles. The van der Waals surface area contributed by atoms with E-state index in [0.29, 0.717) is 5.02 Å². The van der Waals surface area contributed by atoms with Crippen LogP contribution in [0, 0.1) is 5.82 Å². The highest BCUT2D eigenvalue weighted by Gasteiger charge is 2.02. The minimum atomic E-state index is -0.738. The molecule has 0 fully saturated rings. The topological polar surface area (TPSA) is 70.5 Å². The van der Waals surface area contributed by atoms with Crippen LogP contribution in [0.2, 0.25) is 5.02 Å². The van der Waals surface area contributed by atoms with E-state index < -0.39 is 11.5 Å².